The fourth-order valence-electron chi connectivity index (χ4n) is 1.18. The van der Waals surface area contributed by atoms with Crippen molar-refractivity contribution in [2.24, 2.45) is 0 Å². The van der Waals surface area contributed by atoms with Gasteiger partial charge < -0.3 is 20.6 Å². The second-order valence-electron chi connectivity index (χ2n) is 2.82. The summed E-state index contributed by atoms with van der Waals surface area (Å²) in [6, 6.07) is -1.46. The molecule has 4 N–H and O–H groups in total. The molecule has 0 bridgehead atoms. The molecule has 0 unspecified atom stereocenters. The summed E-state index contributed by atoms with van der Waals surface area (Å²) in [7, 11) is 0. The molecule has 0 aliphatic carbocycles. The van der Waals surface area contributed by atoms with Gasteiger partial charge in [0.05, 0.1) is 12.1 Å². The van der Waals surface area contributed by atoms with Crippen molar-refractivity contribution in [2.45, 2.75) is 30.8 Å². The third kappa shape index (κ3) is 2.72. The first-order valence-electron chi connectivity index (χ1n) is 3.59. The first-order chi connectivity index (χ1) is 5.54. The molecule has 0 aromatic carbocycles. The van der Waals surface area contributed by atoms with Crippen LogP contribution in [0.2, 0.25) is 0 Å². The van der Waals surface area contributed by atoms with Crippen molar-refractivity contribution in [3.63, 3.8) is 0 Å². The Bertz CT molecular complexity index is 163. The quantitative estimate of drug-likeness (QED) is 0.444. The zero-order valence-electron chi connectivity index (χ0n) is 6.60. The number of nitrogens with one attached hydrogen (secondary N) is 1. The van der Waals surface area contributed by atoms with E-state index in [0.717, 1.165) is 0 Å². The Morgan fingerprint density at radius 3 is 2.15 bits per heavy atom. The number of alkyl halides is 2. The number of hydrogen-bond donors (Lipinski definition) is 4. The molecule has 0 aromatic rings. The summed E-state index contributed by atoms with van der Waals surface area (Å²) in [5.41, 5.74) is 0. The molecule has 1 heterocycles. The van der Waals surface area contributed by atoms with E-state index < -0.39 is 30.8 Å². The maximum absolute atomic E-state index is 12.1. The van der Waals surface area contributed by atoms with Crippen LogP contribution in [0.15, 0.2) is 0 Å². The number of halogens is 3. The third-order valence-electron chi connectivity index (χ3n) is 1.95. The largest absolute Gasteiger partial charge is 0.389 e. The van der Waals surface area contributed by atoms with E-state index in [4.69, 9.17) is 15.3 Å². The fraction of sp³-hybridized carbons (Fsp3) is 1.00. The summed E-state index contributed by atoms with van der Waals surface area (Å²) in [4.78, 5) is 0. The van der Waals surface area contributed by atoms with Gasteiger partial charge in [0.1, 0.15) is 12.2 Å². The summed E-state index contributed by atoms with van der Waals surface area (Å²) < 4.78 is 24.1. The van der Waals surface area contributed by atoms with Gasteiger partial charge in [-0.25, -0.2) is 8.78 Å². The number of piperidine rings is 1. The van der Waals surface area contributed by atoms with Gasteiger partial charge >= 0.3 is 0 Å². The summed E-state index contributed by atoms with van der Waals surface area (Å²) in [5, 5.41) is 29.2. The van der Waals surface area contributed by atoms with Gasteiger partial charge in [-0.05, 0) is 0 Å². The summed E-state index contributed by atoms with van der Waals surface area (Å²) in [5.74, 6) is 0. The predicted octanol–water partition coefficient (Wildman–Crippen LogP) is -1.27. The minimum atomic E-state index is -2.75. The highest BCUT2D eigenvalue weighted by Gasteiger charge is 2.40. The summed E-state index contributed by atoms with van der Waals surface area (Å²) >= 11 is 0. The molecule has 1 saturated heterocycles. The molecule has 13 heavy (non-hydrogen) atoms. The van der Waals surface area contributed by atoms with E-state index in [9.17, 15) is 8.78 Å². The average Bonchev–Trinajstić information content (AvgIpc) is 2.00. The lowest BCUT2D eigenvalue weighted by Gasteiger charge is -2.35. The van der Waals surface area contributed by atoms with E-state index in [1.165, 1.54) is 0 Å². The van der Waals surface area contributed by atoms with Crippen LogP contribution in [0.5, 0.6) is 0 Å². The molecule has 80 valence electrons. The lowest BCUT2D eigenvalue weighted by molar-refractivity contribution is -0.118. The number of rotatable bonds is 1. The van der Waals surface area contributed by atoms with Crippen molar-refractivity contribution in [1.82, 2.24) is 5.32 Å². The molecule has 1 aliphatic heterocycles. The Labute approximate surface area is 80.0 Å². The molecule has 0 saturated carbocycles. The maximum Gasteiger partial charge on any atom is 0.256 e. The summed E-state index contributed by atoms with van der Waals surface area (Å²) in [6.45, 7) is -0.132. The van der Waals surface area contributed by atoms with Crippen LogP contribution >= 0.6 is 12.4 Å². The van der Waals surface area contributed by atoms with Gasteiger partial charge in [-0.3, -0.25) is 0 Å². The van der Waals surface area contributed by atoms with Crippen LogP contribution in [0.3, 0.4) is 0 Å². The molecule has 1 fully saturated rings. The Morgan fingerprint density at radius 2 is 1.69 bits per heavy atom. The second kappa shape index (κ2) is 5.02. The summed E-state index contributed by atoms with van der Waals surface area (Å²) in [6.07, 6.45) is -7.05. The predicted molar refractivity (Wildman–Crippen MR) is 43.1 cm³/mol. The van der Waals surface area contributed by atoms with Crippen LogP contribution in [0.1, 0.15) is 0 Å². The molecular weight excluding hydrogens is 208 g/mol. The minimum absolute atomic E-state index is 0. The highest BCUT2D eigenvalue weighted by Crippen LogP contribution is 2.15. The van der Waals surface area contributed by atoms with Crippen LogP contribution in [0, 0.1) is 0 Å². The van der Waals surface area contributed by atoms with Gasteiger partial charge in [0.25, 0.3) is 6.43 Å². The van der Waals surface area contributed by atoms with Gasteiger partial charge in [0.2, 0.25) is 0 Å². The van der Waals surface area contributed by atoms with E-state index in [1.54, 1.807) is 0 Å². The maximum atomic E-state index is 12.1. The van der Waals surface area contributed by atoms with E-state index in [-0.39, 0.29) is 19.0 Å². The van der Waals surface area contributed by atoms with Crippen molar-refractivity contribution >= 4 is 12.4 Å². The topological polar surface area (TPSA) is 72.7 Å². The van der Waals surface area contributed by atoms with Crippen LogP contribution in [0.4, 0.5) is 8.78 Å². The molecule has 0 spiro atoms. The molecule has 1 aliphatic rings. The first-order valence-corrected chi connectivity index (χ1v) is 3.59. The third-order valence-corrected chi connectivity index (χ3v) is 1.95. The van der Waals surface area contributed by atoms with Gasteiger partial charge in [-0.1, -0.05) is 0 Å². The highest BCUT2D eigenvalue weighted by molar-refractivity contribution is 5.85. The monoisotopic (exact) mass is 219 g/mol. The van der Waals surface area contributed by atoms with Crippen molar-refractivity contribution in [3.8, 4) is 0 Å². The van der Waals surface area contributed by atoms with Gasteiger partial charge in [-0.15, -0.1) is 12.4 Å². The van der Waals surface area contributed by atoms with Gasteiger partial charge in [-0.2, -0.15) is 0 Å². The minimum Gasteiger partial charge on any atom is -0.389 e. The van der Waals surface area contributed by atoms with Crippen LogP contribution in [-0.4, -0.2) is 52.6 Å². The normalized spacial score (nSPS) is 40.2. The zero-order chi connectivity index (χ0) is 9.30. The van der Waals surface area contributed by atoms with Crippen LogP contribution < -0.4 is 5.32 Å². The number of aliphatic hydroxyl groups is 3. The smallest absolute Gasteiger partial charge is 0.256 e. The van der Waals surface area contributed by atoms with Gasteiger partial charge in [0.15, 0.2) is 0 Å². The number of hydrogen-bond acceptors (Lipinski definition) is 4. The standard InChI is InChI=1S/C6H11F2NO3.ClH/c7-6(8)3-5(12)4(11)2(10)1-9-3;/h2-6,9-12H,1H2;1H/t2-,3-,4+,5+;/m0./s1. The molecule has 4 atom stereocenters. The lowest BCUT2D eigenvalue weighted by atomic mass is 9.96. The van der Waals surface area contributed by atoms with Crippen molar-refractivity contribution in [3.05, 3.63) is 0 Å². The Balaban J connectivity index is 0.00000144. The molecule has 1 rings (SSSR count). The zero-order valence-corrected chi connectivity index (χ0v) is 7.42. The van der Waals surface area contributed by atoms with E-state index >= 15 is 0 Å². The Kier molecular flexibility index (Phi) is 5.01. The van der Waals surface area contributed by atoms with E-state index in [1.807, 2.05) is 0 Å². The van der Waals surface area contributed by atoms with Crippen molar-refractivity contribution in [2.75, 3.05) is 6.54 Å². The van der Waals surface area contributed by atoms with Gasteiger partial charge in [0, 0.05) is 6.54 Å². The number of aliphatic hydroxyl groups excluding tert-OH is 3. The van der Waals surface area contributed by atoms with E-state index in [2.05, 4.69) is 5.32 Å². The molecule has 4 nitrogen and oxygen atoms in total. The van der Waals surface area contributed by atoms with Crippen LogP contribution in [0.25, 0.3) is 0 Å². The molecule has 0 radical (unpaired) electrons. The lowest BCUT2D eigenvalue weighted by Crippen LogP contribution is -2.62. The van der Waals surface area contributed by atoms with Crippen molar-refractivity contribution in [1.29, 1.82) is 0 Å². The Hall–Kier alpha value is -0.0100. The molecular formula is C6H12ClF2NO3. The van der Waals surface area contributed by atoms with Crippen LogP contribution in [-0.2, 0) is 0 Å². The molecule has 0 amide bonds. The second-order valence-corrected chi connectivity index (χ2v) is 2.82. The average molecular weight is 220 g/mol. The highest BCUT2D eigenvalue weighted by atomic mass is 35.5. The van der Waals surface area contributed by atoms with Crippen molar-refractivity contribution < 1.29 is 24.1 Å². The Morgan fingerprint density at radius 1 is 1.15 bits per heavy atom. The molecule has 0 aromatic heterocycles. The number of β-amino-alcohol motifs (C(OH)–C–C–N with tert-alkyl or cyclic N) is 1. The molecule has 7 heteroatoms. The van der Waals surface area contributed by atoms with E-state index in [0.29, 0.717) is 0 Å². The SMILES string of the molecule is Cl.O[C@H]1[C@H](O)[C@@H](O)CN[C@@H]1C(F)F. The fourth-order valence-corrected chi connectivity index (χ4v) is 1.18. The first kappa shape index (κ1) is 13.0.